The van der Waals surface area contributed by atoms with Crippen LogP contribution < -0.4 is 5.73 Å². The van der Waals surface area contributed by atoms with E-state index in [1.165, 1.54) is 16.9 Å². The summed E-state index contributed by atoms with van der Waals surface area (Å²) in [7, 11) is 0. The van der Waals surface area contributed by atoms with Crippen LogP contribution in [0.3, 0.4) is 0 Å². The van der Waals surface area contributed by atoms with Crippen LogP contribution in [0.1, 0.15) is 46.7 Å². The summed E-state index contributed by atoms with van der Waals surface area (Å²) in [5, 5.41) is 0.999. The van der Waals surface area contributed by atoms with Gasteiger partial charge in [0.1, 0.15) is 4.88 Å². The van der Waals surface area contributed by atoms with Crippen molar-refractivity contribution in [3.63, 3.8) is 0 Å². The molecule has 0 bridgehead atoms. The van der Waals surface area contributed by atoms with E-state index in [0.717, 1.165) is 22.0 Å². The SMILES string of the molecule is Cc1nc(C(C)(C)C)sc1C(=O)N(CCN)CCc1ccccc1.Cl. The Hall–Kier alpha value is -1.43. The number of rotatable bonds is 6. The summed E-state index contributed by atoms with van der Waals surface area (Å²) in [6.45, 7) is 9.96. The zero-order valence-electron chi connectivity index (χ0n) is 15.4. The number of hydrogen-bond acceptors (Lipinski definition) is 4. The number of thiazole rings is 1. The first-order chi connectivity index (χ1) is 11.3. The first-order valence-corrected chi connectivity index (χ1v) is 9.15. The molecule has 0 fully saturated rings. The lowest BCUT2D eigenvalue weighted by molar-refractivity contribution is 0.0766. The van der Waals surface area contributed by atoms with Crippen molar-refractivity contribution >= 4 is 29.7 Å². The fraction of sp³-hybridized carbons (Fsp3) is 0.474. The van der Waals surface area contributed by atoms with E-state index in [9.17, 15) is 4.79 Å². The van der Waals surface area contributed by atoms with Gasteiger partial charge in [-0.25, -0.2) is 4.98 Å². The summed E-state index contributed by atoms with van der Waals surface area (Å²) in [6, 6.07) is 10.2. The van der Waals surface area contributed by atoms with Gasteiger partial charge in [0.2, 0.25) is 0 Å². The summed E-state index contributed by atoms with van der Waals surface area (Å²) < 4.78 is 0. The fourth-order valence-corrected chi connectivity index (χ4v) is 3.53. The Morgan fingerprint density at radius 1 is 1.20 bits per heavy atom. The van der Waals surface area contributed by atoms with Crippen LogP contribution in [0.4, 0.5) is 0 Å². The molecule has 6 heteroatoms. The molecule has 2 N–H and O–H groups in total. The van der Waals surface area contributed by atoms with Crippen LogP contribution in [0.5, 0.6) is 0 Å². The van der Waals surface area contributed by atoms with Crippen molar-refractivity contribution in [1.29, 1.82) is 0 Å². The molecule has 0 saturated carbocycles. The van der Waals surface area contributed by atoms with E-state index in [1.807, 2.05) is 30.0 Å². The number of carbonyl (C=O) groups is 1. The molecule has 4 nitrogen and oxygen atoms in total. The minimum Gasteiger partial charge on any atom is -0.336 e. The highest BCUT2D eigenvalue weighted by Gasteiger charge is 2.25. The third-order valence-corrected chi connectivity index (χ3v) is 5.40. The molecule has 0 atom stereocenters. The Labute approximate surface area is 160 Å². The summed E-state index contributed by atoms with van der Waals surface area (Å²) >= 11 is 1.51. The molecule has 1 aromatic heterocycles. The van der Waals surface area contributed by atoms with Crippen LogP contribution in [0, 0.1) is 6.92 Å². The van der Waals surface area contributed by atoms with E-state index in [2.05, 4.69) is 37.9 Å². The van der Waals surface area contributed by atoms with Gasteiger partial charge in [-0.15, -0.1) is 23.7 Å². The van der Waals surface area contributed by atoms with Gasteiger partial charge in [-0.3, -0.25) is 4.79 Å². The fourth-order valence-electron chi connectivity index (χ4n) is 2.44. The molecular formula is C19H28ClN3OS. The Morgan fingerprint density at radius 2 is 1.84 bits per heavy atom. The second-order valence-electron chi connectivity index (χ2n) is 7.00. The maximum Gasteiger partial charge on any atom is 0.265 e. The molecule has 25 heavy (non-hydrogen) atoms. The van der Waals surface area contributed by atoms with Gasteiger partial charge in [0.25, 0.3) is 5.91 Å². The van der Waals surface area contributed by atoms with Gasteiger partial charge in [-0.2, -0.15) is 0 Å². The molecule has 0 aliphatic carbocycles. The number of aromatic nitrogens is 1. The number of nitrogens with zero attached hydrogens (tertiary/aromatic N) is 2. The first kappa shape index (κ1) is 21.6. The molecule has 2 aromatic rings. The highest BCUT2D eigenvalue weighted by Crippen LogP contribution is 2.30. The van der Waals surface area contributed by atoms with E-state index in [0.29, 0.717) is 19.6 Å². The Morgan fingerprint density at radius 3 is 2.36 bits per heavy atom. The zero-order chi connectivity index (χ0) is 17.7. The maximum absolute atomic E-state index is 13.0. The van der Waals surface area contributed by atoms with Crippen LogP contribution in [0.2, 0.25) is 0 Å². The summed E-state index contributed by atoms with van der Waals surface area (Å²) in [4.78, 5) is 20.1. The Kier molecular flexibility index (Phi) is 8.06. The standard InChI is InChI=1S/C19H27N3OS.ClH/c1-14-16(24-18(21-14)19(2,3)4)17(23)22(13-11-20)12-10-15-8-6-5-7-9-15;/h5-9H,10-13,20H2,1-4H3;1H. The largest absolute Gasteiger partial charge is 0.336 e. The van der Waals surface area contributed by atoms with Gasteiger partial charge in [0.15, 0.2) is 0 Å². The number of nitrogens with two attached hydrogens (primary N) is 1. The van der Waals surface area contributed by atoms with Crippen molar-refractivity contribution in [3.05, 3.63) is 51.5 Å². The monoisotopic (exact) mass is 381 g/mol. The van der Waals surface area contributed by atoms with Gasteiger partial charge in [0, 0.05) is 25.0 Å². The van der Waals surface area contributed by atoms with Crippen LogP contribution in [0.15, 0.2) is 30.3 Å². The van der Waals surface area contributed by atoms with Crippen molar-refractivity contribution in [2.24, 2.45) is 5.73 Å². The van der Waals surface area contributed by atoms with Gasteiger partial charge in [-0.1, -0.05) is 51.1 Å². The van der Waals surface area contributed by atoms with Crippen molar-refractivity contribution in [3.8, 4) is 0 Å². The molecule has 0 unspecified atom stereocenters. The lowest BCUT2D eigenvalue weighted by Gasteiger charge is -2.21. The molecule has 138 valence electrons. The van der Waals surface area contributed by atoms with Gasteiger partial charge >= 0.3 is 0 Å². The molecule has 0 aliphatic heterocycles. The topological polar surface area (TPSA) is 59.2 Å². The summed E-state index contributed by atoms with van der Waals surface area (Å²) in [6.07, 6.45) is 0.830. The number of benzene rings is 1. The summed E-state index contributed by atoms with van der Waals surface area (Å²) in [5.41, 5.74) is 7.72. The van der Waals surface area contributed by atoms with E-state index in [4.69, 9.17) is 5.73 Å². The lowest BCUT2D eigenvalue weighted by atomic mass is 9.98. The van der Waals surface area contributed by atoms with Crippen molar-refractivity contribution in [1.82, 2.24) is 9.88 Å². The van der Waals surface area contributed by atoms with Gasteiger partial charge in [0.05, 0.1) is 10.7 Å². The minimum atomic E-state index is -0.0449. The third-order valence-electron chi connectivity index (χ3n) is 3.83. The molecular weight excluding hydrogens is 354 g/mol. The molecule has 1 heterocycles. The molecule has 1 amide bonds. The quantitative estimate of drug-likeness (QED) is 0.827. The van der Waals surface area contributed by atoms with Crippen molar-refractivity contribution in [2.75, 3.05) is 19.6 Å². The molecule has 0 saturated heterocycles. The minimum absolute atomic E-state index is 0. The predicted molar refractivity (Wildman–Crippen MR) is 108 cm³/mol. The number of aryl methyl sites for hydroxylation is 1. The highest BCUT2D eigenvalue weighted by molar-refractivity contribution is 7.14. The second-order valence-corrected chi connectivity index (χ2v) is 8.00. The van der Waals surface area contributed by atoms with E-state index in [-0.39, 0.29) is 23.7 Å². The van der Waals surface area contributed by atoms with Crippen molar-refractivity contribution in [2.45, 2.75) is 39.5 Å². The maximum atomic E-state index is 13.0. The van der Waals surface area contributed by atoms with Crippen LogP contribution in [0.25, 0.3) is 0 Å². The smallest absolute Gasteiger partial charge is 0.265 e. The average molecular weight is 382 g/mol. The van der Waals surface area contributed by atoms with E-state index < -0.39 is 0 Å². The first-order valence-electron chi connectivity index (χ1n) is 8.34. The number of amides is 1. The summed E-state index contributed by atoms with van der Waals surface area (Å²) in [5.74, 6) is 0.0434. The van der Waals surface area contributed by atoms with Crippen LogP contribution in [-0.2, 0) is 11.8 Å². The highest BCUT2D eigenvalue weighted by atomic mass is 35.5. The van der Waals surface area contributed by atoms with Crippen LogP contribution in [-0.4, -0.2) is 35.4 Å². The van der Waals surface area contributed by atoms with E-state index in [1.54, 1.807) is 0 Å². The molecule has 0 spiro atoms. The van der Waals surface area contributed by atoms with Gasteiger partial charge in [-0.05, 0) is 18.9 Å². The average Bonchev–Trinajstić information content (AvgIpc) is 2.94. The number of halogens is 1. The number of hydrogen-bond donors (Lipinski definition) is 1. The Bertz CT molecular complexity index is 680. The zero-order valence-corrected chi connectivity index (χ0v) is 17.0. The lowest BCUT2D eigenvalue weighted by Crippen LogP contribution is -2.36. The third kappa shape index (κ3) is 5.80. The molecule has 0 radical (unpaired) electrons. The number of carbonyl (C=O) groups excluding carboxylic acids is 1. The van der Waals surface area contributed by atoms with Crippen molar-refractivity contribution < 1.29 is 4.79 Å². The molecule has 2 rings (SSSR count). The molecule has 1 aromatic carbocycles. The molecule has 0 aliphatic rings. The predicted octanol–water partition coefficient (Wildman–Crippen LogP) is 3.81. The van der Waals surface area contributed by atoms with Gasteiger partial charge < -0.3 is 10.6 Å². The van der Waals surface area contributed by atoms with Crippen LogP contribution >= 0.6 is 23.7 Å². The second kappa shape index (κ2) is 9.32. The normalized spacial score (nSPS) is 11.1. The van der Waals surface area contributed by atoms with E-state index >= 15 is 0 Å². The Balaban J connectivity index is 0.00000312.